The van der Waals surface area contributed by atoms with Crippen molar-refractivity contribution in [1.82, 2.24) is 15.6 Å². The molecular formula is C20H28FIN4O2. The summed E-state index contributed by atoms with van der Waals surface area (Å²) in [6.07, 6.45) is 2.27. The van der Waals surface area contributed by atoms with Crippen LogP contribution in [0, 0.1) is 5.82 Å². The number of benzene rings is 1. The zero-order valence-corrected chi connectivity index (χ0v) is 18.6. The van der Waals surface area contributed by atoms with Crippen LogP contribution < -0.4 is 15.4 Å². The molecule has 0 spiro atoms. The fourth-order valence-electron chi connectivity index (χ4n) is 2.42. The van der Waals surface area contributed by atoms with Gasteiger partial charge in [0.05, 0.1) is 13.2 Å². The first-order chi connectivity index (χ1) is 13.2. The van der Waals surface area contributed by atoms with Crippen LogP contribution in [0.5, 0.6) is 5.88 Å². The number of nitrogens with one attached hydrogen (secondary N) is 2. The Morgan fingerprint density at radius 2 is 1.89 bits per heavy atom. The number of nitrogens with zero attached hydrogens (tertiary/aromatic N) is 2. The summed E-state index contributed by atoms with van der Waals surface area (Å²) in [5.41, 5.74) is 1.57. The Balaban J connectivity index is 0.00000392. The second-order valence-corrected chi connectivity index (χ2v) is 5.77. The van der Waals surface area contributed by atoms with E-state index < -0.39 is 0 Å². The largest absolute Gasteiger partial charge is 0.475 e. The average Bonchev–Trinajstić information content (AvgIpc) is 2.68. The molecule has 1 aromatic heterocycles. The maximum atomic E-state index is 13.7. The highest BCUT2D eigenvalue weighted by Crippen LogP contribution is 2.15. The molecule has 2 N–H and O–H groups in total. The molecule has 0 atom stereocenters. The van der Waals surface area contributed by atoms with E-state index in [2.05, 4.69) is 20.6 Å². The number of aliphatic imine (C=N–C) groups is 1. The van der Waals surface area contributed by atoms with E-state index in [1.807, 2.05) is 25.1 Å². The Bertz CT molecular complexity index is 731. The summed E-state index contributed by atoms with van der Waals surface area (Å²) >= 11 is 0. The summed E-state index contributed by atoms with van der Waals surface area (Å²) in [6.45, 7) is 4.67. The van der Waals surface area contributed by atoms with Crippen molar-refractivity contribution in [2.75, 3.05) is 33.4 Å². The number of methoxy groups -OCH3 is 1. The Labute approximate surface area is 183 Å². The molecule has 0 aliphatic rings. The minimum atomic E-state index is -0.186. The van der Waals surface area contributed by atoms with Crippen molar-refractivity contribution in [3.8, 4) is 5.88 Å². The number of hydrogen-bond donors (Lipinski definition) is 2. The number of pyridine rings is 1. The van der Waals surface area contributed by atoms with Crippen molar-refractivity contribution in [3.05, 3.63) is 59.5 Å². The lowest BCUT2D eigenvalue weighted by molar-refractivity contribution is 0.143. The number of rotatable bonds is 10. The molecule has 8 heteroatoms. The van der Waals surface area contributed by atoms with E-state index in [1.54, 1.807) is 25.4 Å². The zero-order chi connectivity index (χ0) is 19.3. The first-order valence-corrected chi connectivity index (χ1v) is 9.05. The molecule has 1 aromatic carbocycles. The molecule has 6 nitrogen and oxygen atoms in total. The van der Waals surface area contributed by atoms with Crippen LogP contribution >= 0.6 is 24.0 Å². The number of aromatic nitrogens is 1. The van der Waals surface area contributed by atoms with Crippen LogP contribution in [0.15, 0.2) is 47.6 Å². The normalized spacial score (nSPS) is 10.9. The molecular weight excluding hydrogens is 474 g/mol. The van der Waals surface area contributed by atoms with Gasteiger partial charge in [0.2, 0.25) is 5.88 Å². The fourth-order valence-corrected chi connectivity index (χ4v) is 2.42. The quantitative estimate of drug-likeness (QED) is 0.226. The Morgan fingerprint density at radius 1 is 1.11 bits per heavy atom. The van der Waals surface area contributed by atoms with Gasteiger partial charge in [-0.2, -0.15) is 0 Å². The minimum Gasteiger partial charge on any atom is -0.475 e. The molecule has 0 radical (unpaired) electrons. The second-order valence-electron chi connectivity index (χ2n) is 5.77. The van der Waals surface area contributed by atoms with E-state index in [4.69, 9.17) is 9.47 Å². The summed E-state index contributed by atoms with van der Waals surface area (Å²) in [5, 5.41) is 6.42. The molecule has 0 bridgehead atoms. The molecule has 0 aliphatic carbocycles. The van der Waals surface area contributed by atoms with Crippen LogP contribution in [0.2, 0.25) is 0 Å². The fraction of sp³-hybridized carbons (Fsp3) is 0.400. The van der Waals surface area contributed by atoms with Gasteiger partial charge in [-0.25, -0.2) is 14.4 Å². The number of hydrogen-bond acceptors (Lipinski definition) is 4. The maximum Gasteiger partial charge on any atom is 0.218 e. The maximum absolute atomic E-state index is 13.7. The van der Waals surface area contributed by atoms with Gasteiger partial charge in [0.15, 0.2) is 5.96 Å². The molecule has 0 fully saturated rings. The van der Waals surface area contributed by atoms with Crippen molar-refractivity contribution < 1.29 is 13.9 Å². The molecule has 0 saturated carbocycles. The molecule has 0 aliphatic heterocycles. The first kappa shape index (κ1) is 24.1. The van der Waals surface area contributed by atoms with E-state index in [1.165, 1.54) is 6.07 Å². The zero-order valence-electron chi connectivity index (χ0n) is 16.3. The summed E-state index contributed by atoms with van der Waals surface area (Å²) in [4.78, 5) is 8.83. The molecule has 154 valence electrons. The van der Waals surface area contributed by atoms with Crippen molar-refractivity contribution in [2.24, 2.45) is 4.99 Å². The number of halogens is 2. The lowest BCUT2D eigenvalue weighted by atomic mass is 10.1. The SMILES string of the molecule is CCNC(=NCc1cccnc1OCCOC)NCCc1ccccc1F.I. The average molecular weight is 502 g/mol. The van der Waals surface area contributed by atoms with Gasteiger partial charge in [-0.15, -0.1) is 24.0 Å². The molecule has 28 heavy (non-hydrogen) atoms. The van der Waals surface area contributed by atoms with Crippen molar-refractivity contribution in [2.45, 2.75) is 19.9 Å². The van der Waals surface area contributed by atoms with Gasteiger partial charge in [0, 0.05) is 32.0 Å². The van der Waals surface area contributed by atoms with Crippen molar-refractivity contribution in [3.63, 3.8) is 0 Å². The van der Waals surface area contributed by atoms with Crippen LogP contribution in [-0.4, -0.2) is 44.4 Å². The summed E-state index contributed by atoms with van der Waals surface area (Å²) in [5.74, 6) is 1.04. The summed E-state index contributed by atoms with van der Waals surface area (Å²) < 4.78 is 24.3. The highest BCUT2D eigenvalue weighted by atomic mass is 127. The van der Waals surface area contributed by atoms with Crippen LogP contribution in [0.3, 0.4) is 0 Å². The number of ether oxygens (including phenoxy) is 2. The lowest BCUT2D eigenvalue weighted by Gasteiger charge is -2.12. The summed E-state index contributed by atoms with van der Waals surface area (Å²) in [6, 6.07) is 10.6. The Morgan fingerprint density at radius 3 is 2.64 bits per heavy atom. The van der Waals surface area contributed by atoms with Gasteiger partial charge in [-0.3, -0.25) is 0 Å². The molecule has 0 unspecified atom stereocenters. The van der Waals surface area contributed by atoms with Gasteiger partial charge in [0.25, 0.3) is 0 Å². The van der Waals surface area contributed by atoms with E-state index in [0.29, 0.717) is 50.1 Å². The lowest BCUT2D eigenvalue weighted by Crippen LogP contribution is -2.38. The third kappa shape index (κ3) is 8.39. The summed E-state index contributed by atoms with van der Waals surface area (Å²) in [7, 11) is 1.63. The minimum absolute atomic E-state index is 0. The second kappa shape index (κ2) is 14.1. The predicted octanol–water partition coefficient (Wildman–Crippen LogP) is 3.16. The standard InChI is InChI=1S/C20H27FN4O2.HI/c1-3-22-20(24-12-10-16-7-4-5-9-18(16)21)25-15-17-8-6-11-23-19(17)27-14-13-26-2;/h4-9,11H,3,10,12-15H2,1-2H3,(H2,22,24,25);1H. The van der Waals surface area contributed by atoms with Crippen LogP contribution in [-0.2, 0) is 17.7 Å². The van der Waals surface area contributed by atoms with E-state index in [9.17, 15) is 4.39 Å². The Kier molecular flexibility index (Phi) is 12.1. The molecule has 2 rings (SSSR count). The van der Waals surface area contributed by atoms with E-state index in [-0.39, 0.29) is 29.8 Å². The van der Waals surface area contributed by atoms with Crippen molar-refractivity contribution >= 4 is 29.9 Å². The first-order valence-electron chi connectivity index (χ1n) is 9.05. The third-order valence-corrected chi connectivity index (χ3v) is 3.77. The molecule has 0 saturated heterocycles. The Hall–Kier alpha value is -1.94. The molecule has 2 aromatic rings. The van der Waals surface area contributed by atoms with Crippen LogP contribution in [0.1, 0.15) is 18.1 Å². The third-order valence-electron chi connectivity index (χ3n) is 3.77. The topological polar surface area (TPSA) is 67.8 Å². The van der Waals surface area contributed by atoms with Gasteiger partial charge in [-0.1, -0.05) is 24.3 Å². The highest BCUT2D eigenvalue weighted by molar-refractivity contribution is 14.0. The number of guanidine groups is 1. The van der Waals surface area contributed by atoms with Crippen molar-refractivity contribution in [1.29, 1.82) is 0 Å². The van der Waals surface area contributed by atoms with Crippen LogP contribution in [0.4, 0.5) is 4.39 Å². The monoisotopic (exact) mass is 502 g/mol. The predicted molar refractivity (Wildman–Crippen MR) is 120 cm³/mol. The van der Waals surface area contributed by atoms with Gasteiger partial charge in [0.1, 0.15) is 12.4 Å². The van der Waals surface area contributed by atoms with E-state index in [0.717, 1.165) is 12.1 Å². The van der Waals surface area contributed by atoms with Gasteiger partial charge in [-0.05, 0) is 31.0 Å². The highest BCUT2D eigenvalue weighted by Gasteiger charge is 2.06. The van der Waals surface area contributed by atoms with Gasteiger partial charge < -0.3 is 20.1 Å². The van der Waals surface area contributed by atoms with Crippen LogP contribution in [0.25, 0.3) is 0 Å². The smallest absolute Gasteiger partial charge is 0.218 e. The van der Waals surface area contributed by atoms with Gasteiger partial charge >= 0.3 is 0 Å². The molecule has 1 heterocycles. The van der Waals surface area contributed by atoms with E-state index >= 15 is 0 Å². The molecule has 0 amide bonds.